The molecule has 6 nitrogen and oxygen atoms in total. The first kappa shape index (κ1) is 12.0. The summed E-state index contributed by atoms with van der Waals surface area (Å²) in [6, 6.07) is -1.43. The standard InChI is InChI=1S/C11H15NO5/c13-5-8(11(16)17)12-9(14)6-3-1-2-4-7(6)10(12)15/h6-8,13H,1-5H2,(H,16,17). The lowest BCUT2D eigenvalue weighted by molar-refractivity contribution is -0.156. The van der Waals surface area contributed by atoms with Gasteiger partial charge in [-0.25, -0.2) is 4.79 Å². The number of aliphatic hydroxyl groups excluding tert-OH is 1. The molecular formula is C11H15NO5. The fraction of sp³-hybridized carbons (Fsp3) is 0.727. The number of amides is 2. The Morgan fingerprint density at radius 2 is 1.71 bits per heavy atom. The largest absolute Gasteiger partial charge is 0.480 e. The molecule has 0 aromatic heterocycles. The molecule has 2 N–H and O–H groups in total. The monoisotopic (exact) mass is 241 g/mol. The van der Waals surface area contributed by atoms with E-state index < -0.39 is 30.4 Å². The molecule has 1 aliphatic carbocycles. The fourth-order valence-corrected chi connectivity index (χ4v) is 2.77. The molecule has 0 radical (unpaired) electrons. The average Bonchev–Trinajstić information content (AvgIpc) is 2.56. The van der Waals surface area contributed by atoms with Gasteiger partial charge in [0.25, 0.3) is 0 Å². The van der Waals surface area contributed by atoms with E-state index in [0.29, 0.717) is 12.8 Å². The Bertz CT molecular complexity index is 343. The zero-order valence-electron chi connectivity index (χ0n) is 9.33. The lowest BCUT2D eigenvalue weighted by Crippen LogP contribution is -2.47. The number of hydrogen-bond acceptors (Lipinski definition) is 4. The molecule has 2 aliphatic rings. The summed E-state index contributed by atoms with van der Waals surface area (Å²) in [6.07, 6.45) is 3.07. The van der Waals surface area contributed by atoms with Crippen LogP contribution >= 0.6 is 0 Å². The van der Waals surface area contributed by atoms with Gasteiger partial charge in [-0.1, -0.05) is 12.8 Å². The van der Waals surface area contributed by atoms with E-state index in [1.165, 1.54) is 0 Å². The van der Waals surface area contributed by atoms with Crippen molar-refractivity contribution in [3.63, 3.8) is 0 Å². The van der Waals surface area contributed by atoms with Crippen LogP contribution in [0.3, 0.4) is 0 Å². The maximum atomic E-state index is 12.0. The van der Waals surface area contributed by atoms with Crippen LogP contribution in [0, 0.1) is 11.8 Å². The molecule has 2 rings (SSSR count). The van der Waals surface area contributed by atoms with Crippen LogP contribution in [-0.4, -0.2) is 45.5 Å². The fourth-order valence-electron chi connectivity index (χ4n) is 2.77. The average molecular weight is 241 g/mol. The van der Waals surface area contributed by atoms with Crippen molar-refractivity contribution in [2.75, 3.05) is 6.61 Å². The number of fused-ring (bicyclic) bond motifs is 1. The lowest BCUT2D eigenvalue weighted by Gasteiger charge is -2.20. The van der Waals surface area contributed by atoms with Crippen molar-refractivity contribution in [2.24, 2.45) is 11.8 Å². The van der Waals surface area contributed by atoms with Gasteiger partial charge in [-0.2, -0.15) is 0 Å². The predicted octanol–water partition coefficient (Wildman–Crippen LogP) is -0.393. The van der Waals surface area contributed by atoms with E-state index in [1.54, 1.807) is 0 Å². The molecule has 2 amide bonds. The number of rotatable bonds is 3. The normalized spacial score (nSPS) is 30.3. The van der Waals surface area contributed by atoms with E-state index in [-0.39, 0.29) is 11.8 Å². The molecule has 1 aliphatic heterocycles. The summed E-state index contributed by atoms with van der Waals surface area (Å²) in [5.41, 5.74) is 0. The Hall–Kier alpha value is -1.43. The molecule has 6 heteroatoms. The summed E-state index contributed by atoms with van der Waals surface area (Å²) in [5, 5.41) is 17.9. The Morgan fingerprint density at radius 3 is 2.06 bits per heavy atom. The Kier molecular flexibility index (Phi) is 3.15. The maximum absolute atomic E-state index is 12.0. The third kappa shape index (κ3) is 1.82. The minimum atomic E-state index is -1.43. The number of carbonyl (C=O) groups is 3. The van der Waals surface area contributed by atoms with Crippen molar-refractivity contribution in [3.8, 4) is 0 Å². The van der Waals surface area contributed by atoms with Crippen molar-refractivity contribution < 1.29 is 24.6 Å². The second-order valence-corrected chi connectivity index (χ2v) is 4.58. The van der Waals surface area contributed by atoms with Gasteiger partial charge >= 0.3 is 5.97 Å². The summed E-state index contributed by atoms with van der Waals surface area (Å²) < 4.78 is 0. The Balaban J connectivity index is 2.26. The van der Waals surface area contributed by atoms with Crippen molar-refractivity contribution in [3.05, 3.63) is 0 Å². The molecule has 3 atom stereocenters. The molecule has 0 spiro atoms. The lowest BCUT2D eigenvalue weighted by atomic mass is 9.81. The number of carboxylic acids is 1. The van der Waals surface area contributed by atoms with E-state index in [4.69, 9.17) is 10.2 Å². The molecular weight excluding hydrogens is 226 g/mol. The zero-order valence-corrected chi connectivity index (χ0v) is 9.33. The molecule has 0 bridgehead atoms. The van der Waals surface area contributed by atoms with E-state index >= 15 is 0 Å². The maximum Gasteiger partial charge on any atom is 0.329 e. The number of carboxylic acid groups (broad SMARTS) is 1. The van der Waals surface area contributed by atoms with Crippen LogP contribution in [0.4, 0.5) is 0 Å². The van der Waals surface area contributed by atoms with Gasteiger partial charge in [0.1, 0.15) is 0 Å². The molecule has 3 unspecified atom stereocenters. The van der Waals surface area contributed by atoms with Crippen molar-refractivity contribution in [1.82, 2.24) is 4.90 Å². The second-order valence-electron chi connectivity index (χ2n) is 4.58. The molecule has 2 fully saturated rings. The van der Waals surface area contributed by atoms with Crippen molar-refractivity contribution in [2.45, 2.75) is 31.7 Å². The van der Waals surface area contributed by atoms with Crippen molar-refractivity contribution in [1.29, 1.82) is 0 Å². The van der Waals surface area contributed by atoms with Crippen LogP contribution in [-0.2, 0) is 14.4 Å². The SMILES string of the molecule is O=C(O)C(CO)N1C(=O)C2CCCCC2C1=O. The Labute approximate surface area is 98.2 Å². The first-order valence-corrected chi connectivity index (χ1v) is 5.78. The van der Waals surface area contributed by atoms with Gasteiger partial charge < -0.3 is 10.2 Å². The van der Waals surface area contributed by atoms with Gasteiger partial charge in [-0.15, -0.1) is 0 Å². The molecule has 0 aromatic rings. The summed E-state index contributed by atoms with van der Waals surface area (Å²) >= 11 is 0. The molecule has 94 valence electrons. The van der Waals surface area contributed by atoms with Gasteiger partial charge in [-0.3, -0.25) is 14.5 Å². The Morgan fingerprint density at radius 1 is 1.24 bits per heavy atom. The van der Waals surface area contributed by atoms with Gasteiger partial charge in [0, 0.05) is 0 Å². The summed E-state index contributed by atoms with van der Waals surface area (Å²) in [6.45, 7) is -0.730. The minimum absolute atomic E-state index is 0.371. The van der Waals surface area contributed by atoms with Crippen LogP contribution in [0.15, 0.2) is 0 Å². The van der Waals surface area contributed by atoms with Gasteiger partial charge in [0.05, 0.1) is 18.4 Å². The van der Waals surface area contributed by atoms with E-state index in [9.17, 15) is 14.4 Å². The smallest absolute Gasteiger partial charge is 0.329 e. The number of imide groups is 1. The number of hydrogen-bond donors (Lipinski definition) is 2. The van der Waals surface area contributed by atoms with Crippen LogP contribution in [0.1, 0.15) is 25.7 Å². The van der Waals surface area contributed by atoms with Gasteiger partial charge in [0.15, 0.2) is 6.04 Å². The van der Waals surface area contributed by atoms with Crippen LogP contribution in [0.2, 0.25) is 0 Å². The molecule has 17 heavy (non-hydrogen) atoms. The predicted molar refractivity (Wildman–Crippen MR) is 55.8 cm³/mol. The van der Waals surface area contributed by atoms with Crippen LogP contribution in [0.5, 0.6) is 0 Å². The molecule has 1 saturated carbocycles. The highest BCUT2D eigenvalue weighted by Crippen LogP contribution is 2.38. The van der Waals surface area contributed by atoms with E-state index in [2.05, 4.69) is 0 Å². The van der Waals surface area contributed by atoms with E-state index in [1.807, 2.05) is 0 Å². The zero-order chi connectivity index (χ0) is 12.6. The highest BCUT2D eigenvalue weighted by atomic mass is 16.4. The topological polar surface area (TPSA) is 94.9 Å². The summed E-state index contributed by atoms with van der Waals surface area (Å²) in [4.78, 5) is 35.6. The molecule has 1 heterocycles. The first-order chi connectivity index (χ1) is 8.07. The van der Waals surface area contributed by atoms with E-state index in [0.717, 1.165) is 17.7 Å². The number of aliphatic hydroxyl groups is 1. The van der Waals surface area contributed by atoms with Crippen molar-refractivity contribution >= 4 is 17.8 Å². The van der Waals surface area contributed by atoms with Crippen LogP contribution in [0.25, 0.3) is 0 Å². The summed E-state index contributed by atoms with van der Waals surface area (Å²) in [7, 11) is 0. The third-order valence-corrected chi connectivity index (χ3v) is 3.64. The quantitative estimate of drug-likeness (QED) is 0.656. The number of aliphatic carboxylic acids is 1. The minimum Gasteiger partial charge on any atom is -0.480 e. The number of likely N-dealkylation sites (tertiary alicyclic amines) is 1. The summed E-state index contributed by atoms with van der Waals surface area (Å²) in [5.74, 6) is -2.94. The van der Waals surface area contributed by atoms with Gasteiger partial charge in [-0.05, 0) is 12.8 Å². The van der Waals surface area contributed by atoms with Gasteiger partial charge in [0.2, 0.25) is 11.8 Å². The first-order valence-electron chi connectivity index (χ1n) is 5.78. The highest BCUT2D eigenvalue weighted by molar-refractivity contribution is 6.07. The molecule has 0 aromatic carbocycles. The molecule has 1 saturated heterocycles. The third-order valence-electron chi connectivity index (χ3n) is 3.64. The number of carbonyl (C=O) groups excluding carboxylic acids is 2. The number of nitrogens with zero attached hydrogens (tertiary/aromatic N) is 1. The highest BCUT2D eigenvalue weighted by Gasteiger charge is 2.51. The second kappa shape index (κ2) is 4.44. The van der Waals surface area contributed by atoms with Crippen LogP contribution < -0.4 is 0 Å².